The van der Waals surface area contributed by atoms with Gasteiger partial charge in [0.25, 0.3) is 5.91 Å². The smallest absolute Gasteiger partial charge is 0.424 e. The zero-order valence-corrected chi connectivity index (χ0v) is 26.1. The summed E-state index contributed by atoms with van der Waals surface area (Å²) in [5, 5.41) is 14.2. The molecule has 1 saturated heterocycles. The van der Waals surface area contributed by atoms with Crippen molar-refractivity contribution in [1.29, 1.82) is 0 Å². The quantitative estimate of drug-likeness (QED) is 0.259. The Hall–Kier alpha value is -5.11. The lowest BCUT2D eigenvalue weighted by Gasteiger charge is -2.32. The van der Waals surface area contributed by atoms with Crippen LogP contribution in [0.25, 0.3) is 22.2 Å². The predicted octanol–water partition coefficient (Wildman–Crippen LogP) is 4.61. The minimum absolute atomic E-state index is 0.000860. The van der Waals surface area contributed by atoms with Crippen LogP contribution >= 0.6 is 0 Å². The fourth-order valence-electron chi connectivity index (χ4n) is 6.12. The third-order valence-corrected chi connectivity index (χ3v) is 9.12. The van der Waals surface area contributed by atoms with E-state index in [1.165, 1.54) is 36.1 Å². The highest BCUT2D eigenvalue weighted by Crippen LogP contribution is 2.48. The number of ether oxygens (including phenoxy) is 2. The van der Waals surface area contributed by atoms with Gasteiger partial charge in [-0.1, -0.05) is 6.07 Å². The van der Waals surface area contributed by atoms with E-state index in [0.717, 1.165) is 31.0 Å². The number of alkyl halides is 3. The van der Waals surface area contributed by atoms with E-state index >= 15 is 0 Å². The van der Waals surface area contributed by atoms with Crippen molar-refractivity contribution in [2.24, 2.45) is 0 Å². The van der Waals surface area contributed by atoms with E-state index in [-0.39, 0.29) is 66.1 Å². The molecule has 0 bridgehead atoms. The first-order valence-corrected chi connectivity index (χ1v) is 15.7. The Kier molecular flexibility index (Phi) is 7.81. The number of pyridine rings is 2. The molecular weight excluding hydrogens is 648 g/mol. The number of rotatable bonds is 8. The van der Waals surface area contributed by atoms with Gasteiger partial charge in [-0.3, -0.25) is 19.4 Å². The molecule has 2 aliphatic heterocycles. The largest absolute Gasteiger partial charge is 0.489 e. The van der Waals surface area contributed by atoms with Gasteiger partial charge in [-0.2, -0.15) is 13.2 Å². The van der Waals surface area contributed by atoms with Crippen LogP contribution in [0.2, 0.25) is 0 Å². The molecule has 1 aliphatic carbocycles. The average Bonchev–Trinajstić information content (AvgIpc) is 3.69. The van der Waals surface area contributed by atoms with Crippen LogP contribution in [0.5, 0.6) is 11.5 Å². The molecule has 4 aromatic rings. The van der Waals surface area contributed by atoms with Gasteiger partial charge in [-0.05, 0) is 68.3 Å². The zero-order valence-electron chi connectivity index (χ0n) is 26.1. The summed E-state index contributed by atoms with van der Waals surface area (Å²) >= 11 is 0. The van der Waals surface area contributed by atoms with Crippen molar-refractivity contribution in [2.75, 3.05) is 26.2 Å². The number of likely N-dealkylation sites (tertiary alicyclic amines) is 1. The number of halogens is 4. The van der Waals surface area contributed by atoms with E-state index in [9.17, 15) is 37.1 Å². The van der Waals surface area contributed by atoms with Crippen LogP contribution in [0.3, 0.4) is 0 Å². The zero-order chi connectivity index (χ0) is 34.7. The minimum atomic E-state index is -5.38. The predicted molar refractivity (Wildman–Crippen MR) is 166 cm³/mol. The summed E-state index contributed by atoms with van der Waals surface area (Å²) < 4.78 is 70.6. The molecule has 4 heterocycles. The first-order chi connectivity index (χ1) is 23.3. The van der Waals surface area contributed by atoms with Gasteiger partial charge in [0.05, 0.1) is 24.9 Å². The van der Waals surface area contributed by atoms with Crippen molar-refractivity contribution in [2.45, 2.75) is 49.5 Å². The normalized spacial score (nSPS) is 20.1. The van der Waals surface area contributed by atoms with Gasteiger partial charge in [-0.25, -0.2) is 9.37 Å². The van der Waals surface area contributed by atoms with E-state index in [1.807, 2.05) is 0 Å². The molecular formula is C35H30F4N4O6. The molecule has 2 N–H and O–H groups in total. The Morgan fingerprint density at radius 1 is 1.14 bits per heavy atom. The van der Waals surface area contributed by atoms with E-state index in [1.54, 1.807) is 18.3 Å². The number of aromatic nitrogens is 2. The molecule has 2 aromatic heterocycles. The first-order valence-electron chi connectivity index (χ1n) is 15.7. The second-order valence-corrected chi connectivity index (χ2v) is 12.8. The van der Waals surface area contributed by atoms with Gasteiger partial charge in [0.1, 0.15) is 40.5 Å². The Balaban J connectivity index is 1.28. The second-order valence-electron chi connectivity index (χ2n) is 12.8. The fourth-order valence-corrected chi connectivity index (χ4v) is 6.12. The second kappa shape index (κ2) is 11.8. The number of fused-ring (bicyclic) bond motifs is 2. The molecule has 0 spiro atoms. The maximum Gasteiger partial charge on any atom is 0.424 e. The van der Waals surface area contributed by atoms with E-state index in [4.69, 9.17) is 9.47 Å². The molecule has 2 atom stereocenters. The number of benzene rings is 2. The highest BCUT2D eigenvalue weighted by atomic mass is 19.4. The number of Topliss-reactive ketones (excluding diaryl/α,β-unsaturated/α-hetero) is 1. The number of nitrogens with zero attached hydrogens (tertiary/aromatic N) is 3. The van der Waals surface area contributed by atoms with Gasteiger partial charge in [-0.15, -0.1) is 0 Å². The Bertz CT molecular complexity index is 2000. The summed E-state index contributed by atoms with van der Waals surface area (Å²) in [7, 11) is 0. The number of hydrogen-bond donors (Lipinski definition) is 2. The molecule has 14 heteroatoms. The number of carbonyl (C=O) groups is 3. The van der Waals surface area contributed by atoms with Crippen LogP contribution < -0.4 is 14.8 Å². The molecule has 1 saturated carbocycles. The van der Waals surface area contributed by atoms with Crippen molar-refractivity contribution in [1.82, 2.24) is 20.2 Å². The van der Waals surface area contributed by atoms with Gasteiger partial charge in [0, 0.05) is 41.2 Å². The van der Waals surface area contributed by atoms with Crippen LogP contribution in [0.1, 0.15) is 47.8 Å². The maximum atomic E-state index is 15.0. The number of aliphatic hydroxyl groups is 1. The van der Waals surface area contributed by atoms with Crippen molar-refractivity contribution < 1.29 is 46.5 Å². The van der Waals surface area contributed by atoms with E-state index < -0.39 is 47.1 Å². The van der Waals surface area contributed by atoms with Crippen LogP contribution in [-0.4, -0.2) is 76.1 Å². The lowest BCUT2D eigenvalue weighted by molar-refractivity contribution is -0.265. The lowest BCUT2D eigenvalue weighted by atomic mass is 9.81. The highest BCUT2D eigenvalue weighted by Gasteiger charge is 2.58. The van der Waals surface area contributed by atoms with Crippen LogP contribution in [-0.2, 0) is 20.6 Å². The van der Waals surface area contributed by atoms with Crippen LogP contribution in [0.4, 0.5) is 17.6 Å². The SMILES string of the molecule is C[C@]1(C(=O)N2CCC(=O)C2)COc2c1cc(C(O)(CNC(=O)c1cc(OC3CC3)c3ncccc3c1)C(F)(F)F)nc2-c1ccc(F)cc1. The number of hydrogen-bond acceptors (Lipinski definition) is 8. The minimum Gasteiger partial charge on any atom is -0.489 e. The molecule has 2 aromatic carbocycles. The third kappa shape index (κ3) is 5.83. The molecule has 0 radical (unpaired) electrons. The summed E-state index contributed by atoms with van der Waals surface area (Å²) in [4.78, 5) is 49.0. The molecule has 2 amide bonds. The van der Waals surface area contributed by atoms with Crippen molar-refractivity contribution >= 4 is 28.5 Å². The van der Waals surface area contributed by atoms with Gasteiger partial charge >= 0.3 is 6.18 Å². The van der Waals surface area contributed by atoms with Crippen LogP contribution in [0, 0.1) is 5.82 Å². The Morgan fingerprint density at radius 2 is 1.90 bits per heavy atom. The standard InChI is InChI=1S/C35H30F4N4O6/c1-33(32(46)43-12-10-23(44)16-43)18-48-30-25(33)15-27(42-29(30)19-4-6-22(36)7-5-19)34(47,35(37,38)39)17-41-31(45)21-13-20-3-2-11-40-28(20)26(14-21)49-24-8-9-24/h2-7,11,13-15,24,47H,8-10,12,16-18H2,1H3,(H,41,45)/t33-,34?/m0/s1. The summed E-state index contributed by atoms with van der Waals surface area (Å²) in [6.07, 6.45) is -2.08. The topological polar surface area (TPSA) is 131 Å². The molecule has 3 aliphatic rings. The number of ketones is 1. The molecule has 7 rings (SSSR count). The van der Waals surface area contributed by atoms with Crippen molar-refractivity contribution in [3.05, 3.63) is 83.4 Å². The molecule has 2 fully saturated rings. The summed E-state index contributed by atoms with van der Waals surface area (Å²) in [6.45, 7) is -0.160. The maximum absolute atomic E-state index is 15.0. The Labute approximate surface area is 277 Å². The first kappa shape index (κ1) is 32.4. The summed E-state index contributed by atoms with van der Waals surface area (Å²) in [5.41, 5.74) is -5.76. The number of nitrogens with one attached hydrogen (secondary N) is 1. The van der Waals surface area contributed by atoms with Gasteiger partial charge < -0.3 is 24.8 Å². The third-order valence-electron chi connectivity index (χ3n) is 9.12. The molecule has 49 heavy (non-hydrogen) atoms. The Morgan fingerprint density at radius 3 is 2.57 bits per heavy atom. The van der Waals surface area contributed by atoms with Crippen molar-refractivity contribution in [3.8, 4) is 22.8 Å². The number of carbonyl (C=O) groups excluding carboxylic acids is 3. The lowest BCUT2D eigenvalue weighted by Crippen LogP contribution is -2.52. The fraction of sp³-hybridized carbons (Fsp3) is 0.343. The van der Waals surface area contributed by atoms with Gasteiger partial charge in [0.15, 0.2) is 5.78 Å². The van der Waals surface area contributed by atoms with Gasteiger partial charge in [0.2, 0.25) is 11.5 Å². The highest BCUT2D eigenvalue weighted by molar-refractivity contribution is 6.00. The van der Waals surface area contributed by atoms with E-state index in [2.05, 4.69) is 15.3 Å². The average molecular weight is 679 g/mol. The monoisotopic (exact) mass is 678 g/mol. The molecule has 1 unspecified atom stereocenters. The van der Waals surface area contributed by atoms with Crippen LogP contribution in [0.15, 0.2) is 60.8 Å². The van der Waals surface area contributed by atoms with E-state index in [0.29, 0.717) is 16.7 Å². The molecule has 254 valence electrons. The van der Waals surface area contributed by atoms with Crippen molar-refractivity contribution in [3.63, 3.8) is 0 Å². The molecule has 10 nitrogen and oxygen atoms in total. The summed E-state index contributed by atoms with van der Waals surface area (Å²) in [5.74, 6) is -1.94. The number of amides is 2. The summed E-state index contributed by atoms with van der Waals surface area (Å²) in [6, 6.07) is 11.9.